The van der Waals surface area contributed by atoms with Crippen molar-refractivity contribution in [2.75, 3.05) is 5.75 Å². The largest absolute Gasteiger partial charge is 0.249 e. The molecule has 2 aromatic rings. The maximum absolute atomic E-state index is 12.1. The monoisotopic (exact) mass is 338 g/mol. The van der Waals surface area contributed by atoms with Crippen LogP contribution in [-0.2, 0) is 22.1 Å². The van der Waals surface area contributed by atoms with E-state index in [4.69, 9.17) is 11.6 Å². The van der Waals surface area contributed by atoms with Crippen molar-refractivity contribution in [3.05, 3.63) is 64.5 Å². The number of aryl methyl sites for hydroxylation is 1. The van der Waals surface area contributed by atoms with Gasteiger partial charge in [-0.15, -0.1) is 0 Å². The Balaban J connectivity index is 2.24. The summed E-state index contributed by atoms with van der Waals surface area (Å²) in [6.07, 6.45) is 3.36. The number of benzene rings is 1. The molecule has 0 saturated heterocycles. The quantitative estimate of drug-likeness (QED) is 0.759. The summed E-state index contributed by atoms with van der Waals surface area (Å²) >= 11 is 6.34. The number of hydrogen-bond acceptors (Lipinski definition) is 3. The molecule has 2 rings (SSSR count). The van der Waals surface area contributed by atoms with Crippen molar-refractivity contribution in [1.29, 1.82) is 0 Å². The number of sulfone groups is 1. The van der Waals surface area contributed by atoms with Gasteiger partial charge in [0.05, 0.1) is 23.7 Å². The highest BCUT2D eigenvalue weighted by atomic mass is 35.5. The zero-order valence-electron chi connectivity index (χ0n) is 12.7. The molecule has 0 bridgehead atoms. The summed E-state index contributed by atoms with van der Waals surface area (Å²) in [7, 11) is -3.23. The molecule has 4 nitrogen and oxygen atoms in total. The van der Waals surface area contributed by atoms with Crippen molar-refractivity contribution < 1.29 is 8.42 Å². The van der Waals surface area contributed by atoms with E-state index in [1.807, 2.05) is 30.3 Å². The number of halogens is 1. The lowest BCUT2D eigenvalue weighted by atomic mass is 10.2. The molecule has 22 heavy (non-hydrogen) atoms. The highest BCUT2D eigenvalue weighted by Gasteiger charge is 2.19. The number of allylic oxidation sites excluding steroid dienone is 1. The summed E-state index contributed by atoms with van der Waals surface area (Å²) in [5, 5.41) is 4.77. The summed E-state index contributed by atoms with van der Waals surface area (Å²) in [5.74, 6) is -0.0695. The lowest BCUT2D eigenvalue weighted by molar-refractivity contribution is 0.598. The van der Waals surface area contributed by atoms with E-state index < -0.39 is 9.84 Å². The van der Waals surface area contributed by atoms with E-state index in [-0.39, 0.29) is 11.5 Å². The predicted molar refractivity (Wildman–Crippen MR) is 89.8 cm³/mol. The first-order valence-electron chi connectivity index (χ1n) is 7.00. The molecule has 1 heterocycles. The molecule has 0 aliphatic carbocycles. The zero-order chi connectivity index (χ0) is 16.2. The van der Waals surface area contributed by atoms with Crippen molar-refractivity contribution in [3.63, 3.8) is 0 Å². The molecule has 0 radical (unpaired) electrons. The van der Waals surface area contributed by atoms with Crippen LogP contribution in [0.25, 0.3) is 0 Å². The van der Waals surface area contributed by atoms with E-state index in [0.29, 0.717) is 23.0 Å². The van der Waals surface area contributed by atoms with Crippen LogP contribution in [0.2, 0.25) is 5.15 Å². The number of nitrogens with zero attached hydrogens (tertiary/aromatic N) is 2. The molecule has 1 aromatic heterocycles. The highest BCUT2D eigenvalue weighted by Crippen LogP contribution is 2.23. The van der Waals surface area contributed by atoms with Crippen LogP contribution >= 0.6 is 11.6 Å². The zero-order valence-corrected chi connectivity index (χ0v) is 14.2. The first-order chi connectivity index (χ1) is 10.4. The van der Waals surface area contributed by atoms with E-state index in [2.05, 4.69) is 5.10 Å². The number of aromatic nitrogens is 2. The molecule has 0 unspecified atom stereocenters. The smallest absolute Gasteiger partial charge is 0.158 e. The molecule has 1 aromatic carbocycles. The molecule has 0 atom stereocenters. The van der Waals surface area contributed by atoms with E-state index in [1.54, 1.807) is 30.7 Å². The lowest BCUT2D eigenvalue weighted by Gasteiger charge is -2.04. The normalized spacial score (nSPS) is 12.1. The summed E-state index contributed by atoms with van der Waals surface area (Å²) in [4.78, 5) is 0. The second-order valence-electron chi connectivity index (χ2n) is 5.12. The molecule has 0 aliphatic heterocycles. The Kier molecular flexibility index (Phi) is 5.42. The van der Waals surface area contributed by atoms with Crippen LogP contribution in [0.3, 0.4) is 0 Å². The van der Waals surface area contributed by atoms with E-state index in [0.717, 1.165) is 5.56 Å². The van der Waals surface area contributed by atoms with Gasteiger partial charge in [-0.1, -0.05) is 54.1 Å². The van der Waals surface area contributed by atoms with E-state index in [9.17, 15) is 8.42 Å². The molecule has 0 amide bonds. The minimum absolute atomic E-state index is 0.0170. The molecular formula is C16H19ClN2O2S. The lowest BCUT2D eigenvalue weighted by Crippen LogP contribution is -2.08. The summed E-state index contributed by atoms with van der Waals surface area (Å²) < 4.78 is 25.8. The van der Waals surface area contributed by atoms with E-state index in [1.165, 1.54) is 0 Å². The third kappa shape index (κ3) is 4.21. The fourth-order valence-corrected chi connectivity index (χ4v) is 3.91. The van der Waals surface area contributed by atoms with Crippen LogP contribution in [-0.4, -0.2) is 24.0 Å². The highest BCUT2D eigenvalue weighted by molar-refractivity contribution is 7.90. The predicted octanol–water partition coefficient (Wildman–Crippen LogP) is 3.38. The molecule has 0 aliphatic rings. The number of hydrogen-bond donors (Lipinski definition) is 0. The minimum Gasteiger partial charge on any atom is -0.249 e. The second kappa shape index (κ2) is 7.11. The van der Waals surface area contributed by atoms with Gasteiger partial charge >= 0.3 is 0 Å². The fraction of sp³-hybridized carbons (Fsp3) is 0.312. The van der Waals surface area contributed by atoms with Crippen LogP contribution in [0.1, 0.15) is 23.7 Å². The van der Waals surface area contributed by atoms with Crippen molar-refractivity contribution in [2.24, 2.45) is 0 Å². The second-order valence-corrected chi connectivity index (χ2v) is 7.59. The third-order valence-corrected chi connectivity index (χ3v) is 5.16. The molecule has 0 saturated carbocycles. The fourth-order valence-electron chi connectivity index (χ4n) is 2.14. The van der Waals surface area contributed by atoms with Crippen LogP contribution < -0.4 is 0 Å². The average Bonchev–Trinajstić information content (AvgIpc) is 2.74. The van der Waals surface area contributed by atoms with Gasteiger partial charge in [0, 0.05) is 5.56 Å². The van der Waals surface area contributed by atoms with Crippen molar-refractivity contribution in [1.82, 2.24) is 9.78 Å². The maximum Gasteiger partial charge on any atom is 0.158 e. The standard InChI is InChI=1S/C16H19ClN2O2S/c1-3-4-10-22(20,21)12-15-13(2)18-19(16(15)17)11-14-8-6-5-7-9-14/h3-9H,10-12H2,1-2H3. The van der Waals surface area contributed by atoms with Gasteiger partial charge in [-0.2, -0.15) is 5.10 Å². The molecule has 0 N–H and O–H groups in total. The van der Waals surface area contributed by atoms with Crippen molar-refractivity contribution >= 4 is 21.4 Å². The Labute approximate surface area is 136 Å². The topological polar surface area (TPSA) is 52.0 Å². The van der Waals surface area contributed by atoms with Crippen LogP contribution in [0.5, 0.6) is 0 Å². The Bertz CT molecular complexity index is 765. The maximum atomic E-state index is 12.1. The Morgan fingerprint density at radius 1 is 1.27 bits per heavy atom. The third-order valence-electron chi connectivity index (χ3n) is 3.31. The van der Waals surface area contributed by atoms with Crippen LogP contribution in [0.15, 0.2) is 42.5 Å². The Hall–Kier alpha value is -1.59. The summed E-state index contributed by atoms with van der Waals surface area (Å²) in [5.41, 5.74) is 2.31. The van der Waals surface area contributed by atoms with Crippen LogP contribution in [0, 0.1) is 6.92 Å². The van der Waals surface area contributed by atoms with Gasteiger partial charge in [0.1, 0.15) is 5.15 Å². The van der Waals surface area contributed by atoms with Gasteiger partial charge < -0.3 is 0 Å². The van der Waals surface area contributed by atoms with Crippen LogP contribution in [0.4, 0.5) is 0 Å². The molecule has 118 valence electrons. The Morgan fingerprint density at radius 2 is 1.95 bits per heavy atom. The number of rotatable bonds is 6. The SMILES string of the molecule is CC=CCS(=O)(=O)Cc1c(C)nn(Cc2ccccc2)c1Cl. The molecule has 6 heteroatoms. The molecule has 0 spiro atoms. The van der Waals surface area contributed by atoms with E-state index >= 15 is 0 Å². The van der Waals surface area contributed by atoms with Gasteiger partial charge in [0.15, 0.2) is 9.84 Å². The average molecular weight is 339 g/mol. The minimum atomic E-state index is -3.23. The molecule has 0 fully saturated rings. The van der Waals surface area contributed by atoms with Gasteiger partial charge in [-0.25, -0.2) is 13.1 Å². The van der Waals surface area contributed by atoms with Gasteiger partial charge in [-0.3, -0.25) is 0 Å². The van der Waals surface area contributed by atoms with Crippen molar-refractivity contribution in [3.8, 4) is 0 Å². The van der Waals surface area contributed by atoms with Crippen molar-refractivity contribution in [2.45, 2.75) is 26.1 Å². The van der Waals surface area contributed by atoms with Gasteiger partial charge in [0.25, 0.3) is 0 Å². The van der Waals surface area contributed by atoms with Gasteiger partial charge in [-0.05, 0) is 19.4 Å². The first-order valence-corrected chi connectivity index (χ1v) is 9.20. The van der Waals surface area contributed by atoms with Gasteiger partial charge in [0.2, 0.25) is 0 Å². The summed E-state index contributed by atoms with van der Waals surface area (Å²) in [6.45, 7) is 4.11. The Morgan fingerprint density at radius 3 is 2.59 bits per heavy atom. The first kappa shape index (κ1) is 16.8. The summed E-state index contributed by atoms with van der Waals surface area (Å²) in [6, 6.07) is 9.80. The molecular weight excluding hydrogens is 320 g/mol.